The second kappa shape index (κ2) is 6.48. The van der Waals surface area contributed by atoms with Crippen LogP contribution in [-0.4, -0.2) is 6.61 Å². The molecule has 1 aliphatic carbocycles. The van der Waals surface area contributed by atoms with E-state index < -0.39 is 0 Å². The molecule has 0 spiro atoms. The van der Waals surface area contributed by atoms with E-state index in [-0.39, 0.29) is 0 Å². The molecule has 0 aromatic heterocycles. The maximum Gasteiger partial charge on any atom is 0.119 e. The maximum atomic E-state index is 5.69. The van der Waals surface area contributed by atoms with Crippen molar-refractivity contribution in [3.8, 4) is 5.75 Å². The molecule has 0 radical (unpaired) electrons. The van der Waals surface area contributed by atoms with Gasteiger partial charge in [0.25, 0.3) is 0 Å². The van der Waals surface area contributed by atoms with Crippen LogP contribution in [0.15, 0.2) is 42.0 Å². The van der Waals surface area contributed by atoms with E-state index in [4.69, 9.17) is 4.74 Å². The van der Waals surface area contributed by atoms with Gasteiger partial charge in [-0.2, -0.15) is 0 Å². The van der Waals surface area contributed by atoms with Crippen LogP contribution in [0.2, 0.25) is 0 Å². The van der Waals surface area contributed by atoms with Gasteiger partial charge in [-0.15, -0.1) is 0 Å². The first-order valence-electron chi connectivity index (χ1n) is 6.71. The first-order valence-corrected chi connectivity index (χ1v) is 6.71. The van der Waals surface area contributed by atoms with Crippen molar-refractivity contribution in [2.24, 2.45) is 5.92 Å². The van der Waals surface area contributed by atoms with E-state index in [0.717, 1.165) is 11.7 Å². The smallest absolute Gasteiger partial charge is 0.119 e. The number of rotatable bonds is 4. The highest BCUT2D eigenvalue weighted by Crippen LogP contribution is 2.29. The largest absolute Gasteiger partial charge is 0.490 e. The second-order valence-electron chi connectivity index (χ2n) is 4.91. The standard InChI is InChI=1S/C16H22O/c1-14(15-8-4-2-5-9-15)12-13-17-16-10-6-3-7-11-16/h3,6-7,10-12,15H,2,4-5,8-9,13H2,1H3/b14-12-. The molecule has 1 heteroatoms. The number of hydrogen-bond donors (Lipinski definition) is 0. The minimum atomic E-state index is 0.701. The van der Waals surface area contributed by atoms with Gasteiger partial charge in [0.2, 0.25) is 0 Å². The lowest BCUT2D eigenvalue weighted by atomic mass is 9.84. The van der Waals surface area contributed by atoms with E-state index in [2.05, 4.69) is 13.0 Å². The van der Waals surface area contributed by atoms with Gasteiger partial charge in [-0.1, -0.05) is 43.0 Å². The van der Waals surface area contributed by atoms with Crippen LogP contribution < -0.4 is 4.74 Å². The zero-order chi connectivity index (χ0) is 11.9. The number of hydrogen-bond acceptors (Lipinski definition) is 1. The third-order valence-corrected chi connectivity index (χ3v) is 3.65. The molecule has 92 valence electrons. The molecule has 1 aliphatic rings. The van der Waals surface area contributed by atoms with Crippen molar-refractivity contribution < 1.29 is 4.74 Å². The van der Waals surface area contributed by atoms with Crippen molar-refractivity contribution >= 4 is 0 Å². The molecular formula is C16H22O. The lowest BCUT2D eigenvalue weighted by Gasteiger charge is -2.22. The van der Waals surface area contributed by atoms with Gasteiger partial charge in [-0.3, -0.25) is 0 Å². The monoisotopic (exact) mass is 230 g/mol. The Balaban J connectivity index is 1.79. The lowest BCUT2D eigenvalue weighted by Crippen LogP contribution is -2.08. The third kappa shape index (κ3) is 3.92. The minimum Gasteiger partial charge on any atom is -0.490 e. The Morgan fingerprint density at radius 3 is 2.59 bits per heavy atom. The zero-order valence-electron chi connectivity index (χ0n) is 10.7. The topological polar surface area (TPSA) is 9.23 Å². The number of ether oxygens (including phenoxy) is 1. The Bertz CT molecular complexity index is 347. The van der Waals surface area contributed by atoms with Crippen LogP contribution in [0, 0.1) is 5.92 Å². The van der Waals surface area contributed by atoms with Crippen molar-refractivity contribution in [2.45, 2.75) is 39.0 Å². The first kappa shape index (κ1) is 12.2. The predicted octanol–water partition coefficient (Wildman–Crippen LogP) is 4.59. The van der Waals surface area contributed by atoms with Gasteiger partial charge in [-0.05, 0) is 43.9 Å². The quantitative estimate of drug-likeness (QED) is 0.687. The molecule has 0 amide bonds. The highest BCUT2D eigenvalue weighted by Gasteiger charge is 2.14. The van der Waals surface area contributed by atoms with E-state index >= 15 is 0 Å². The molecule has 1 saturated carbocycles. The fourth-order valence-corrected chi connectivity index (χ4v) is 2.51. The van der Waals surface area contributed by atoms with E-state index in [1.807, 2.05) is 30.3 Å². The summed E-state index contributed by atoms with van der Waals surface area (Å²) in [5.41, 5.74) is 1.51. The van der Waals surface area contributed by atoms with E-state index in [1.54, 1.807) is 0 Å². The Morgan fingerprint density at radius 2 is 1.88 bits per heavy atom. The molecule has 1 aromatic carbocycles. The third-order valence-electron chi connectivity index (χ3n) is 3.65. The van der Waals surface area contributed by atoms with E-state index in [1.165, 1.54) is 37.7 Å². The maximum absolute atomic E-state index is 5.69. The fourth-order valence-electron chi connectivity index (χ4n) is 2.51. The zero-order valence-corrected chi connectivity index (χ0v) is 10.7. The highest BCUT2D eigenvalue weighted by atomic mass is 16.5. The summed E-state index contributed by atoms with van der Waals surface area (Å²) in [5, 5.41) is 0. The number of benzene rings is 1. The molecule has 17 heavy (non-hydrogen) atoms. The molecule has 0 unspecified atom stereocenters. The van der Waals surface area contributed by atoms with Gasteiger partial charge in [-0.25, -0.2) is 0 Å². The van der Waals surface area contributed by atoms with E-state index in [9.17, 15) is 0 Å². The summed E-state index contributed by atoms with van der Waals surface area (Å²) in [6.07, 6.45) is 9.21. The summed E-state index contributed by atoms with van der Waals surface area (Å²) in [6, 6.07) is 10.0. The highest BCUT2D eigenvalue weighted by molar-refractivity contribution is 5.21. The molecule has 0 heterocycles. The van der Waals surface area contributed by atoms with Crippen LogP contribution in [0.25, 0.3) is 0 Å². The molecule has 0 bridgehead atoms. The summed E-state index contributed by atoms with van der Waals surface area (Å²) < 4.78 is 5.69. The fraction of sp³-hybridized carbons (Fsp3) is 0.500. The van der Waals surface area contributed by atoms with Gasteiger partial charge < -0.3 is 4.74 Å². The van der Waals surface area contributed by atoms with E-state index in [0.29, 0.717) is 6.61 Å². The SMILES string of the molecule is C/C(=C/COc1ccccc1)C1CCCCC1. The Morgan fingerprint density at radius 1 is 1.18 bits per heavy atom. The van der Waals surface area contributed by atoms with Crippen molar-refractivity contribution in [1.82, 2.24) is 0 Å². The number of allylic oxidation sites excluding steroid dienone is 1. The molecule has 1 fully saturated rings. The first-order chi connectivity index (χ1) is 8.36. The van der Waals surface area contributed by atoms with Crippen LogP contribution in [0.5, 0.6) is 5.75 Å². The van der Waals surface area contributed by atoms with Crippen LogP contribution >= 0.6 is 0 Å². The molecule has 2 rings (SSSR count). The van der Waals surface area contributed by atoms with Crippen molar-refractivity contribution in [3.05, 3.63) is 42.0 Å². The molecular weight excluding hydrogens is 208 g/mol. The Labute approximate surface area is 104 Å². The van der Waals surface area contributed by atoms with Gasteiger partial charge in [0.15, 0.2) is 0 Å². The summed E-state index contributed by atoms with van der Waals surface area (Å²) in [6.45, 7) is 2.96. The second-order valence-corrected chi connectivity index (χ2v) is 4.91. The molecule has 0 N–H and O–H groups in total. The molecule has 0 aliphatic heterocycles. The summed E-state index contributed by atoms with van der Waals surface area (Å²) in [5.74, 6) is 1.77. The van der Waals surface area contributed by atoms with Gasteiger partial charge >= 0.3 is 0 Å². The van der Waals surface area contributed by atoms with Crippen LogP contribution in [0.4, 0.5) is 0 Å². The molecule has 0 atom stereocenters. The average molecular weight is 230 g/mol. The molecule has 1 nitrogen and oxygen atoms in total. The lowest BCUT2D eigenvalue weighted by molar-refractivity contribution is 0.355. The summed E-state index contributed by atoms with van der Waals surface area (Å²) in [4.78, 5) is 0. The van der Waals surface area contributed by atoms with Crippen LogP contribution in [0.1, 0.15) is 39.0 Å². The summed E-state index contributed by atoms with van der Waals surface area (Å²) >= 11 is 0. The van der Waals surface area contributed by atoms with Crippen molar-refractivity contribution in [1.29, 1.82) is 0 Å². The molecule has 0 saturated heterocycles. The van der Waals surface area contributed by atoms with Gasteiger partial charge in [0, 0.05) is 0 Å². The Hall–Kier alpha value is -1.24. The predicted molar refractivity (Wildman–Crippen MR) is 72.3 cm³/mol. The minimum absolute atomic E-state index is 0.701. The van der Waals surface area contributed by atoms with Crippen molar-refractivity contribution in [2.75, 3.05) is 6.61 Å². The van der Waals surface area contributed by atoms with Gasteiger partial charge in [0.05, 0.1) is 0 Å². The average Bonchev–Trinajstić information content (AvgIpc) is 2.41. The van der Waals surface area contributed by atoms with Crippen molar-refractivity contribution in [3.63, 3.8) is 0 Å². The number of para-hydroxylation sites is 1. The Kier molecular flexibility index (Phi) is 4.66. The molecule has 1 aromatic rings. The normalized spacial score (nSPS) is 18.1. The summed E-state index contributed by atoms with van der Waals surface area (Å²) in [7, 11) is 0. The van der Waals surface area contributed by atoms with Crippen LogP contribution in [0.3, 0.4) is 0 Å². The van der Waals surface area contributed by atoms with Crippen LogP contribution in [-0.2, 0) is 0 Å². The van der Waals surface area contributed by atoms with Gasteiger partial charge in [0.1, 0.15) is 12.4 Å².